The van der Waals surface area contributed by atoms with Crippen molar-refractivity contribution in [3.8, 4) is 0 Å². The summed E-state index contributed by atoms with van der Waals surface area (Å²) in [6, 6.07) is 14.4. The highest BCUT2D eigenvalue weighted by Crippen LogP contribution is 2.26. The highest BCUT2D eigenvalue weighted by molar-refractivity contribution is 6.30. The molecule has 0 aromatic heterocycles. The second kappa shape index (κ2) is 5.54. The number of hydrogen-bond donors (Lipinski definition) is 2. The van der Waals surface area contributed by atoms with Crippen molar-refractivity contribution in [1.82, 2.24) is 0 Å². The average molecular weight is 273 g/mol. The first-order chi connectivity index (χ1) is 9.33. The molecule has 0 radical (unpaired) electrons. The number of aryl methyl sites for hydroxylation is 1. The Bertz CT molecular complexity index is 563. The van der Waals surface area contributed by atoms with Crippen LogP contribution in [0.15, 0.2) is 42.5 Å². The Morgan fingerprint density at radius 3 is 2.79 bits per heavy atom. The first kappa shape index (κ1) is 12.4. The summed E-state index contributed by atoms with van der Waals surface area (Å²) in [5.41, 5.74) is 5.17. The van der Waals surface area contributed by atoms with Crippen LogP contribution in [0.2, 0.25) is 5.02 Å². The van der Waals surface area contributed by atoms with Crippen LogP contribution in [0.1, 0.15) is 17.5 Å². The molecule has 3 rings (SSSR count). The summed E-state index contributed by atoms with van der Waals surface area (Å²) in [6.45, 7) is 1.91. The smallest absolute Gasteiger partial charge is 0.0423 e. The number of nitrogens with one attached hydrogen (secondary N) is 2. The molecule has 2 aromatic carbocycles. The lowest BCUT2D eigenvalue weighted by Gasteiger charge is -2.21. The van der Waals surface area contributed by atoms with Gasteiger partial charge in [-0.05, 0) is 48.2 Å². The van der Waals surface area contributed by atoms with E-state index in [4.69, 9.17) is 11.6 Å². The zero-order valence-corrected chi connectivity index (χ0v) is 11.5. The van der Waals surface area contributed by atoms with E-state index in [0.717, 1.165) is 23.8 Å². The van der Waals surface area contributed by atoms with E-state index in [1.807, 2.05) is 24.3 Å². The Labute approximate surface area is 118 Å². The van der Waals surface area contributed by atoms with Crippen molar-refractivity contribution in [2.75, 3.05) is 17.2 Å². The first-order valence-corrected chi connectivity index (χ1v) is 7.05. The SMILES string of the molecule is Clc1ccc(NCc2cccc3c2NCCC3)cc1. The van der Waals surface area contributed by atoms with Crippen molar-refractivity contribution < 1.29 is 0 Å². The van der Waals surface area contributed by atoms with Gasteiger partial charge in [-0.25, -0.2) is 0 Å². The normalized spacial score (nSPS) is 13.5. The van der Waals surface area contributed by atoms with E-state index in [1.165, 1.54) is 29.7 Å². The maximum Gasteiger partial charge on any atom is 0.0423 e. The molecule has 19 heavy (non-hydrogen) atoms. The molecule has 2 nitrogen and oxygen atoms in total. The summed E-state index contributed by atoms with van der Waals surface area (Å²) in [5.74, 6) is 0. The van der Waals surface area contributed by atoms with Crippen LogP contribution in [0, 0.1) is 0 Å². The quantitative estimate of drug-likeness (QED) is 0.870. The topological polar surface area (TPSA) is 24.1 Å². The molecule has 1 heterocycles. The van der Waals surface area contributed by atoms with Crippen LogP contribution in [0.4, 0.5) is 11.4 Å². The third kappa shape index (κ3) is 2.85. The van der Waals surface area contributed by atoms with E-state index in [1.54, 1.807) is 0 Å². The molecule has 1 aliphatic rings. The van der Waals surface area contributed by atoms with E-state index in [9.17, 15) is 0 Å². The minimum absolute atomic E-state index is 0.768. The van der Waals surface area contributed by atoms with Gasteiger partial charge >= 0.3 is 0 Å². The zero-order chi connectivity index (χ0) is 13.1. The summed E-state index contributed by atoms with van der Waals surface area (Å²) in [5, 5.41) is 7.72. The van der Waals surface area contributed by atoms with Gasteiger partial charge in [-0.1, -0.05) is 29.8 Å². The largest absolute Gasteiger partial charge is 0.385 e. The Morgan fingerprint density at radius 2 is 1.95 bits per heavy atom. The standard InChI is InChI=1S/C16H17ClN2/c17-14-6-8-15(9-7-14)19-11-13-4-1-3-12-5-2-10-18-16(12)13/h1,3-4,6-9,18-19H,2,5,10-11H2. The van der Waals surface area contributed by atoms with Gasteiger partial charge < -0.3 is 10.6 Å². The predicted molar refractivity (Wildman–Crippen MR) is 82.0 cm³/mol. The highest BCUT2D eigenvalue weighted by Gasteiger charge is 2.11. The number of fused-ring (bicyclic) bond motifs is 1. The van der Waals surface area contributed by atoms with Gasteiger partial charge in [-0.2, -0.15) is 0 Å². The molecular formula is C16H17ClN2. The number of para-hydroxylation sites is 1. The van der Waals surface area contributed by atoms with Gasteiger partial charge in [0.1, 0.15) is 0 Å². The molecule has 1 aliphatic heterocycles. The van der Waals surface area contributed by atoms with E-state index in [2.05, 4.69) is 28.8 Å². The van der Waals surface area contributed by atoms with Crippen LogP contribution in [0.25, 0.3) is 0 Å². The van der Waals surface area contributed by atoms with Crippen LogP contribution >= 0.6 is 11.6 Å². The van der Waals surface area contributed by atoms with Crippen molar-refractivity contribution in [2.24, 2.45) is 0 Å². The summed E-state index contributed by atoms with van der Waals surface area (Å²) in [6.07, 6.45) is 2.40. The number of anilines is 2. The predicted octanol–water partition coefficient (Wildman–Crippen LogP) is 4.31. The monoisotopic (exact) mass is 272 g/mol. The van der Waals surface area contributed by atoms with Gasteiger partial charge in [-0.15, -0.1) is 0 Å². The Kier molecular flexibility index (Phi) is 3.60. The number of hydrogen-bond acceptors (Lipinski definition) is 2. The van der Waals surface area contributed by atoms with Gasteiger partial charge in [0.05, 0.1) is 0 Å². The molecule has 0 spiro atoms. The number of halogens is 1. The molecule has 0 saturated carbocycles. The van der Waals surface area contributed by atoms with Crippen LogP contribution in [0.5, 0.6) is 0 Å². The average Bonchev–Trinajstić information content (AvgIpc) is 2.47. The molecule has 0 fully saturated rings. The van der Waals surface area contributed by atoms with Crippen molar-refractivity contribution in [2.45, 2.75) is 19.4 Å². The maximum atomic E-state index is 5.89. The summed E-state index contributed by atoms with van der Waals surface area (Å²) >= 11 is 5.89. The minimum atomic E-state index is 0.768. The van der Waals surface area contributed by atoms with E-state index in [0.29, 0.717) is 0 Å². The minimum Gasteiger partial charge on any atom is -0.385 e. The molecule has 98 valence electrons. The van der Waals surface area contributed by atoms with E-state index in [-0.39, 0.29) is 0 Å². The Balaban J connectivity index is 1.75. The molecular weight excluding hydrogens is 256 g/mol. The summed E-state index contributed by atoms with van der Waals surface area (Å²) in [4.78, 5) is 0. The fraction of sp³-hybridized carbons (Fsp3) is 0.250. The Morgan fingerprint density at radius 1 is 1.11 bits per heavy atom. The lowest BCUT2D eigenvalue weighted by atomic mass is 9.99. The third-order valence-corrected chi connectivity index (χ3v) is 3.74. The molecule has 0 aliphatic carbocycles. The first-order valence-electron chi connectivity index (χ1n) is 6.67. The third-order valence-electron chi connectivity index (χ3n) is 3.49. The van der Waals surface area contributed by atoms with Crippen LogP contribution in [0.3, 0.4) is 0 Å². The lowest BCUT2D eigenvalue weighted by molar-refractivity contribution is 0.825. The van der Waals surface area contributed by atoms with Crippen molar-refractivity contribution in [3.63, 3.8) is 0 Å². The summed E-state index contributed by atoms with van der Waals surface area (Å²) in [7, 11) is 0. The van der Waals surface area contributed by atoms with Gasteiger partial charge in [0.2, 0.25) is 0 Å². The van der Waals surface area contributed by atoms with Crippen molar-refractivity contribution >= 4 is 23.0 Å². The Hall–Kier alpha value is -1.67. The van der Waals surface area contributed by atoms with Gasteiger partial charge in [0.15, 0.2) is 0 Å². The van der Waals surface area contributed by atoms with Crippen LogP contribution in [-0.2, 0) is 13.0 Å². The van der Waals surface area contributed by atoms with Gasteiger partial charge in [0, 0.05) is 29.5 Å². The second-order valence-electron chi connectivity index (χ2n) is 4.84. The zero-order valence-electron chi connectivity index (χ0n) is 10.7. The van der Waals surface area contributed by atoms with Crippen LogP contribution in [-0.4, -0.2) is 6.54 Å². The number of rotatable bonds is 3. The van der Waals surface area contributed by atoms with Crippen LogP contribution < -0.4 is 10.6 Å². The second-order valence-corrected chi connectivity index (χ2v) is 5.28. The molecule has 0 amide bonds. The van der Waals surface area contributed by atoms with E-state index < -0.39 is 0 Å². The molecule has 0 saturated heterocycles. The van der Waals surface area contributed by atoms with Gasteiger partial charge in [-0.3, -0.25) is 0 Å². The number of benzene rings is 2. The summed E-state index contributed by atoms with van der Waals surface area (Å²) < 4.78 is 0. The van der Waals surface area contributed by atoms with Gasteiger partial charge in [0.25, 0.3) is 0 Å². The fourth-order valence-corrected chi connectivity index (χ4v) is 2.62. The fourth-order valence-electron chi connectivity index (χ4n) is 2.49. The molecule has 3 heteroatoms. The maximum absolute atomic E-state index is 5.89. The molecule has 2 N–H and O–H groups in total. The molecule has 0 atom stereocenters. The lowest BCUT2D eigenvalue weighted by Crippen LogP contribution is -2.14. The molecule has 0 bridgehead atoms. The van der Waals surface area contributed by atoms with E-state index >= 15 is 0 Å². The highest BCUT2D eigenvalue weighted by atomic mass is 35.5. The van der Waals surface area contributed by atoms with Crippen molar-refractivity contribution in [1.29, 1.82) is 0 Å². The van der Waals surface area contributed by atoms with Crippen molar-refractivity contribution in [3.05, 3.63) is 58.6 Å². The molecule has 2 aromatic rings. The molecule has 0 unspecified atom stereocenters.